The average molecular weight is 212 g/mol. The van der Waals surface area contributed by atoms with Gasteiger partial charge < -0.3 is 15.3 Å². The Balaban J connectivity index is 2.65. The van der Waals surface area contributed by atoms with Crippen LogP contribution in [0.1, 0.15) is 0 Å². The number of likely N-dealkylation sites (N-methyl/N-ethyl adjacent to an activating group) is 1. The van der Waals surface area contributed by atoms with Crippen LogP contribution in [0.4, 0.5) is 13.2 Å². The van der Waals surface area contributed by atoms with E-state index in [4.69, 9.17) is 0 Å². The molecule has 0 radical (unpaired) electrons. The highest BCUT2D eigenvalue weighted by atomic mass is 19.4. The molecule has 82 valence electrons. The molecule has 7 heteroatoms. The Morgan fingerprint density at radius 3 is 2.43 bits per heavy atom. The van der Waals surface area contributed by atoms with E-state index in [-0.39, 0.29) is 13.1 Å². The molecule has 1 amide bonds. The van der Waals surface area contributed by atoms with Crippen molar-refractivity contribution in [3.05, 3.63) is 0 Å². The van der Waals surface area contributed by atoms with Crippen molar-refractivity contribution in [2.24, 2.45) is 0 Å². The maximum Gasteiger partial charge on any atom is 0.471 e. The first-order valence-corrected chi connectivity index (χ1v) is 4.07. The van der Waals surface area contributed by atoms with Crippen molar-refractivity contribution in [1.29, 1.82) is 0 Å². The maximum atomic E-state index is 12.0. The fourth-order valence-corrected chi connectivity index (χ4v) is 1.40. The van der Waals surface area contributed by atoms with Crippen LogP contribution in [0.15, 0.2) is 0 Å². The summed E-state index contributed by atoms with van der Waals surface area (Å²) in [5.74, 6) is -1.93. The second kappa shape index (κ2) is 3.74. The highest BCUT2D eigenvalue weighted by Gasteiger charge is 2.45. The molecule has 0 aliphatic carbocycles. The van der Waals surface area contributed by atoms with Crippen LogP contribution in [-0.4, -0.2) is 54.4 Å². The van der Waals surface area contributed by atoms with Crippen LogP contribution in [-0.2, 0) is 4.79 Å². The van der Waals surface area contributed by atoms with Gasteiger partial charge in [-0.2, -0.15) is 13.2 Å². The average Bonchev–Trinajstić information content (AvgIpc) is 2.47. The molecular weight excluding hydrogens is 201 g/mol. The van der Waals surface area contributed by atoms with Crippen molar-refractivity contribution in [1.82, 2.24) is 10.2 Å². The highest BCUT2D eigenvalue weighted by molar-refractivity contribution is 5.82. The summed E-state index contributed by atoms with van der Waals surface area (Å²) in [4.78, 5) is 11.3. The van der Waals surface area contributed by atoms with Crippen molar-refractivity contribution in [2.75, 3.05) is 20.1 Å². The van der Waals surface area contributed by atoms with Gasteiger partial charge in [-0.15, -0.1) is 0 Å². The molecule has 2 N–H and O–H groups in total. The van der Waals surface area contributed by atoms with Gasteiger partial charge in [0.1, 0.15) is 0 Å². The molecule has 1 fully saturated rings. The minimum Gasteiger partial charge on any atom is -0.390 e. The third-order valence-corrected chi connectivity index (χ3v) is 2.21. The number of rotatable bonds is 1. The molecule has 2 atom stereocenters. The molecule has 0 aromatic heterocycles. The minimum absolute atomic E-state index is 0.180. The van der Waals surface area contributed by atoms with Crippen LogP contribution in [0.3, 0.4) is 0 Å². The summed E-state index contributed by atoms with van der Waals surface area (Å²) in [5.41, 5.74) is 0. The normalized spacial score (nSPS) is 27.8. The minimum atomic E-state index is -4.88. The van der Waals surface area contributed by atoms with Gasteiger partial charge in [-0.25, -0.2) is 0 Å². The first-order chi connectivity index (χ1) is 6.34. The van der Waals surface area contributed by atoms with Gasteiger partial charge >= 0.3 is 12.1 Å². The quantitative estimate of drug-likeness (QED) is 0.606. The lowest BCUT2D eigenvalue weighted by molar-refractivity contribution is -0.187. The highest BCUT2D eigenvalue weighted by Crippen LogP contribution is 2.20. The number of hydrogen-bond donors (Lipinski definition) is 2. The van der Waals surface area contributed by atoms with Gasteiger partial charge in [-0.3, -0.25) is 4.79 Å². The third-order valence-electron chi connectivity index (χ3n) is 2.21. The second-order valence-electron chi connectivity index (χ2n) is 3.21. The molecule has 0 aromatic rings. The summed E-state index contributed by atoms with van der Waals surface area (Å²) in [6.45, 7) is 0.389. The molecule has 0 saturated carbocycles. The number of carbonyl (C=O) groups is 1. The summed E-state index contributed by atoms with van der Waals surface area (Å²) in [6.07, 6.45) is -5.82. The number of nitrogens with one attached hydrogen (secondary N) is 1. The predicted octanol–water partition coefficient (Wildman–Crippen LogP) is -0.660. The van der Waals surface area contributed by atoms with Gasteiger partial charge in [0.2, 0.25) is 0 Å². The third kappa shape index (κ3) is 2.16. The van der Waals surface area contributed by atoms with E-state index in [9.17, 15) is 23.1 Å². The zero-order valence-electron chi connectivity index (χ0n) is 7.51. The molecule has 1 rings (SSSR count). The molecule has 1 heterocycles. The van der Waals surface area contributed by atoms with E-state index >= 15 is 0 Å². The van der Waals surface area contributed by atoms with Crippen molar-refractivity contribution >= 4 is 5.91 Å². The fourth-order valence-electron chi connectivity index (χ4n) is 1.40. The van der Waals surface area contributed by atoms with Crippen LogP contribution in [0, 0.1) is 0 Å². The summed E-state index contributed by atoms with van der Waals surface area (Å²) >= 11 is 0. The molecule has 4 nitrogen and oxygen atoms in total. The zero-order valence-corrected chi connectivity index (χ0v) is 7.51. The standard InChI is InChI=1S/C7H11F3N2O2/c1-12(6(14)7(8,9)10)4-2-11-3-5(4)13/h4-5,11,13H,2-3H2,1H3/t4-,5-/m1/s1. The number of carbonyl (C=O) groups excluding carboxylic acids is 1. The second-order valence-corrected chi connectivity index (χ2v) is 3.21. The summed E-state index contributed by atoms with van der Waals surface area (Å²) in [6, 6.07) is -0.802. The topological polar surface area (TPSA) is 52.6 Å². The lowest BCUT2D eigenvalue weighted by atomic mass is 10.2. The molecule has 1 saturated heterocycles. The molecule has 0 aromatic carbocycles. The van der Waals surface area contributed by atoms with E-state index in [0.717, 1.165) is 7.05 Å². The van der Waals surface area contributed by atoms with Crippen LogP contribution in [0.2, 0.25) is 0 Å². The van der Waals surface area contributed by atoms with Gasteiger partial charge in [0.15, 0.2) is 0 Å². The lowest BCUT2D eigenvalue weighted by Gasteiger charge is -2.26. The number of aliphatic hydroxyl groups excluding tert-OH is 1. The molecule has 14 heavy (non-hydrogen) atoms. The van der Waals surface area contributed by atoms with E-state index in [1.807, 2.05) is 0 Å². The maximum absolute atomic E-state index is 12.0. The van der Waals surface area contributed by atoms with Crippen LogP contribution < -0.4 is 5.32 Å². The van der Waals surface area contributed by atoms with E-state index in [2.05, 4.69) is 5.32 Å². The van der Waals surface area contributed by atoms with Gasteiger partial charge in [0.25, 0.3) is 0 Å². The fraction of sp³-hybridized carbons (Fsp3) is 0.857. The lowest BCUT2D eigenvalue weighted by Crippen LogP contribution is -2.49. The molecule has 0 unspecified atom stereocenters. The Kier molecular flexibility index (Phi) is 3.01. The first kappa shape index (κ1) is 11.3. The summed E-state index contributed by atoms with van der Waals surface area (Å²) in [5, 5.41) is 11.9. The number of alkyl halides is 3. The van der Waals surface area contributed by atoms with Crippen molar-refractivity contribution < 1.29 is 23.1 Å². The van der Waals surface area contributed by atoms with Crippen molar-refractivity contribution in [2.45, 2.75) is 18.3 Å². The molecule has 0 bridgehead atoms. The van der Waals surface area contributed by atoms with E-state index < -0.39 is 24.2 Å². The van der Waals surface area contributed by atoms with E-state index in [1.165, 1.54) is 0 Å². The Bertz CT molecular complexity index is 231. The molecule has 1 aliphatic rings. The Hall–Kier alpha value is -0.820. The number of hydrogen-bond acceptors (Lipinski definition) is 3. The number of halogens is 3. The largest absolute Gasteiger partial charge is 0.471 e. The Labute approximate surface area is 78.7 Å². The van der Waals surface area contributed by atoms with E-state index in [0.29, 0.717) is 4.90 Å². The molecule has 1 aliphatic heterocycles. The zero-order chi connectivity index (χ0) is 10.9. The molecular formula is C7H11F3N2O2. The number of aliphatic hydroxyl groups is 1. The Morgan fingerprint density at radius 1 is 1.50 bits per heavy atom. The number of amides is 1. The summed E-state index contributed by atoms with van der Waals surface area (Å²) < 4.78 is 36.0. The smallest absolute Gasteiger partial charge is 0.390 e. The first-order valence-electron chi connectivity index (χ1n) is 4.07. The van der Waals surface area contributed by atoms with Crippen LogP contribution in [0.5, 0.6) is 0 Å². The Morgan fingerprint density at radius 2 is 2.07 bits per heavy atom. The number of nitrogens with zero attached hydrogens (tertiary/aromatic N) is 1. The van der Waals surface area contributed by atoms with Gasteiger partial charge in [-0.05, 0) is 0 Å². The molecule has 0 spiro atoms. The van der Waals surface area contributed by atoms with Crippen LogP contribution in [0.25, 0.3) is 0 Å². The predicted molar refractivity (Wildman–Crippen MR) is 41.5 cm³/mol. The van der Waals surface area contributed by atoms with Gasteiger partial charge in [0, 0.05) is 20.1 Å². The van der Waals surface area contributed by atoms with E-state index in [1.54, 1.807) is 0 Å². The van der Waals surface area contributed by atoms with Gasteiger partial charge in [0.05, 0.1) is 12.1 Å². The van der Waals surface area contributed by atoms with Gasteiger partial charge in [-0.1, -0.05) is 0 Å². The van der Waals surface area contributed by atoms with Crippen molar-refractivity contribution in [3.63, 3.8) is 0 Å². The summed E-state index contributed by atoms with van der Waals surface area (Å²) in [7, 11) is 1.04. The number of β-amino-alcohol motifs (C(OH)–C–C–N with tert-alkyl or cyclic N) is 1. The SMILES string of the molecule is CN(C(=O)C(F)(F)F)[C@@H]1CNC[C@H]1O. The van der Waals surface area contributed by atoms with Crippen LogP contribution >= 0.6 is 0 Å². The monoisotopic (exact) mass is 212 g/mol. The van der Waals surface area contributed by atoms with Crippen molar-refractivity contribution in [3.8, 4) is 0 Å².